The Morgan fingerprint density at radius 2 is 2.00 bits per heavy atom. The lowest BCUT2D eigenvalue weighted by Gasteiger charge is -2.47. The molecule has 0 aromatic heterocycles. The molecule has 3 fully saturated rings. The molecule has 0 aromatic rings. The first-order valence-electron chi connectivity index (χ1n) is 5.08. The highest BCUT2D eigenvalue weighted by molar-refractivity contribution is 5.10. The van der Waals surface area contributed by atoms with Gasteiger partial charge in [0.25, 0.3) is 0 Å². The number of hydrogen-bond acceptors (Lipinski definition) is 2. The molecule has 3 rings (SSSR count). The van der Waals surface area contributed by atoms with Crippen molar-refractivity contribution in [2.45, 2.75) is 25.0 Å². The molecule has 2 heteroatoms. The van der Waals surface area contributed by atoms with Crippen molar-refractivity contribution in [1.82, 2.24) is 0 Å². The fraction of sp³-hybridized carbons (Fsp3) is 0.818. The molecule has 70 valence electrons. The monoisotopic (exact) mass is 178 g/mol. The molecule has 1 heterocycles. The van der Waals surface area contributed by atoms with Gasteiger partial charge in [0.2, 0.25) is 0 Å². The maximum Gasteiger partial charge on any atom is 0.171 e. The molecule has 2 saturated carbocycles. The smallest absolute Gasteiger partial charge is 0.171 e. The molecule has 0 aromatic carbocycles. The lowest BCUT2D eigenvalue weighted by atomic mass is 9.70. The van der Waals surface area contributed by atoms with Crippen LogP contribution in [0.3, 0.4) is 0 Å². The van der Waals surface area contributed by atoms with Gasteiger partial charge in [-0.1, -0.05) is 0 Å². The van der Waals surface area contributed by atoms with E-state index in [9.17, 15) is 0 Å². The summed E-state index contributed by atoms with van der Waals surface area (Å²) in [4.78, 5) is 0. The molecule has 0 amide bonds. The molecule has 2 nitrogen and oxygen atoms in total. The minimum absolute atomic E-state index is 0.198. The summed E-state index contributed by atoms with van der Waals surface area (Å²) < 4.78 is 11.4. The van der Waals surface area contributed by atoms with Crippen LogP contribution in [0.25, 0.3) is 0 Å². The average Bonchev–Trinajstić information content (AvgIpc) is 2.69. The zero-order valence-corrected chi connectivity index (χ0v) is 7.66. The first-order valence-corrected chi connectivity index (χ1v) is 5.08. The summed E-state index contributed by atoms with van der Waals surface area (Å²) in [6, 6.07) is 0. The maximum atomic E-state index is 5.69. The number of ether oxygens (including phenoxy) is 2. The molecule has 0 bridgehead atoms. The highest BCUT2D eigenvalue weighted by Crippen LogP contribution is 2.58. The van der Waals surface area contributed by atoms with E-state index in [1.165, 1.54) is 6.42 Å². The Balaban J connectivity index is 1.76. The molecule has 1 saturated heterocycles. The lowest BCUT2D eigenvalue weighted by molar-refractivity contribution is -0.267. The van der Waals surface area contributed by atoms with Gasteiger partial charge in [0.1, 0.15) is 0 Å². The van der Waals surface area contributed by atoms with E-state index < -0.39 is 0 Å². The van der Waals surface area contributed by atoms with Crippen LogP contribution in [0.1, 0.15) is 19.3 Å². The summed E-state index contributed by atoms with van der Waals surface area (Å²) in [6.07, 6.45) is 8.82. The van der Waals surface area contributed by atoms with E-state index in [2.05, 4.69) is 5.92 Å². The van der Waals surface area contributed by atoms with Gasteiger partial charge < -0.3 is 9.47 Å². The molecule has 0 N–H and O–H groups in total. The fourth-order valence-corrected chi connectivity index (χ4v) is 3.18. The van der Waals surface area contributed by atoms with Crippen molar-refractivity contribution in [2.75, 3.05) is 13.2 Å². The van der Waals surface area contributed by atoms with Crippen molar-refractivity contribution in [1.29, 1.82) is 0 Å². The summed E-state index contributed by atoms with van der Waals surface area (Å²) in [5.41, 5.74) is 0. The second kappa shape index (κ2) is 2.50. The van der Waals surface area contributed by atoms with Crippen molar-refractivity contribution in [3.05, 3.63) is 0 Å². The van der Waals surface area contributed by atoms with Crippen LogP contribution in [-0.2, 0) is 9.47 Å². The Kier molecular flexibility index (Phi) is 1.51. The van der Waals surface area contributed by atoms with E-state index in [0.717, 1.165) is 32.0 Å². The third kappa shape index (κ3) is 0.920. The molecule has 3 atom stereocenters. The Morgan fingerprint density at radius 1 is 1.23 bits per heavy atom. The average molecular weight is 178 g/mol. The highest BCUT2D eigenvalue weighted by atomic mass is 16.7. The summed E-state index contributed by atoms with van der Waals surface area (Å²) >= 11 is 0. The van der Waals surface area contributed by atoms with E-state index in [4.69, 9.17) is 15.9 Å². The standard InChI is InChI=1S/C11H14O2/c1-2-8-5-9-7-11(10(9)6-8)12-3-4-13-11/h1,8-10H,3-7H2/t8?,9-,10?/m1/s1. The molecule has 3 aliphatic rings. The van der Waals surface area contributed by atoms with Crippen molar-refractivity contribution < 1.29 is 9.47 Å². The van der Waals surface area contributed by atoms with Crippen molar-refractivity contribution in [3.63, 3.8) is 0 Å². The number of terminal acetylenes is 1. The van der Waals surface area contributed by atoms with E-state index in [1.807, 2.05) is 0 Å². The van der Waals surface area contributed by atoms with Crippen LogP contribution in [0, 0.1) is 30.1 Å². The SMILES string of the molecule is C#CC1CC2[C@H](C1)CC21OCCO1. The van der Waals surface area contributed by atoms with E-state index >= 15 is 0 Å². The third-order valence-electron chi connectivity index (χ3n) is 3.82. The summed E-state index contributed by atoms with van der Waals surface area (Å²) in [6.45, 7) is 1.54. The number of hydrogen-bond donors (Lipinski definition) is 0. The van der Waals surface area contributed by atoms with Crippen molar-refractivity contribution >= 4 is 0 Å². The largest absolute Gasteiger partial charge is 0.347 e. The van der Waals surface area contributed by atoms with E-state index in [-0.39, 0.29) is 5.79 Å². The second-order valence-electron chi connectivity index (χ2n) is 4.41. The summed E-state index contributed by atoms with van der Waals surface area (Å²) in [7, 11) is 0. The van der Waals surface area contributed by atoms with Crippen molar-refractivity contribution in [2.24, 2.45) is 17.8 Å². The van der Waals surface area contributed by atoms with E-state index in [1.54, 1.807) is 0 Å². The Labute approximate surface area is 78.6 Å². The molecule has 13 heavy (non-hydrogen) atoms. The normalized spacial score (nSPS) is 45.6. The predicted octanol–water partition coefficient (Wildman–Crippen LogP) is 1.41. The quantitative estimate of drug-likeness (QED) is 0.522. The van der Waals surface area contributed by atoms with Crippen LogP contribution in [-0.4, -0.2) is 19.0 Å². The molecule has 1 aliphatic heterocycles. The number of fused-ring (bicyclic) bond motifs is 2. The molecule has 0 radical (unpaired) electrons. The molecular weight excluding hydrogens is 164 g/mol. The van der Waals surface area contributed by atoms with Gasteiger partial charge >= 0.3 is 0 Å². The third-order valence-corrected chi connectivity index (χ3v) is 3.82. The van der Waals surface area contributed by atoms with Gasteiger partial charge in [-0.15, -0.1) is 12.3 Å². The summed E-state index contributed by atoms with van der Waals surface area (Å²) in [5, 5.41) is 0. The minimum atomic E-state index is -0.198. The van der Waals surface area contributed by atoms with Gasteiger partial charge in [0.15, 0.2) is 5.79 Å². The molecular formula is C11H14O2. The highest BCUT2D eigenvalue weighted by Gasteiger charge is 2.61. The topological polar surface area (TPSA) is 18.5 Å². The van der Waals surface area contributed by atoms with Gasteiger partial charge in [-0.3, -0.25) is 0 Å². The summed E-state index contributed by atoms with van der Waals surface area (Å²) in [5.74, 6) is 4.51. The zero-order valence-electron chi connectivity index (χ0n) is 7.66. The second-order valence-corrected chi connectivity index (χ2v) is 4.41. The van der Waals surface area contributed by atoms with Crippen LogP contribution < -0.4 is 0 Å². The van der Waals surface area contributed by atoms with E-state index in [0.29, 0.717) is 11.8 Å². The van der Waals surface area contributed by atoms with Gasteiger partial charge in [-0.25, -0.2) is 0 Å². The zero-order chi connectivity index (χ0) is 8.89. The fourth-order valence-electron chi connectivity index (χ4n) is 3.18. The first kappa shape index (κ1) is 7.84. The molecule has 2 aliphatic carbocycles. The Bertz CT molecular complexity index is 260. The van der Waals surface area contributed by atoms with Crippen LogP contribution in [0.2, 0.25) is 0 Å². The molecule has 1 spiro atoms. The molecule has 2 unspecified atom stereocenters. The van der Waals surface area contributed by atoms with Crippen LogP contribution in [0.4, 0.5) is 0 Å². The van der Waals surface area contributed by atoms with Gasteiger partial charge in [-0.05, 0) is 18.8 Å². The van der Waals surface area contributed by atoms with Gasteiger partial charge in [-0.2, -0.15) is 0 Å². The minimum Gasteiger partial charge on any atom is -0.347 e. The Morgan fingerprint density at radius 3 is 2.69 bits per heavy atom. The maximum absolute atomic E-state index is 5.69. The van der Waals surface area contributed by atoms with Crippen LogP contribution in [0.15, 0.2) is 0 Å². The number of rotatable bonds is 0. The van der Waals surface area contributed by atoms with Crippen LogP contribution in [0.5, 0.6) is 0 Å². The first-order chi connectivity index (χ1) is 6.34. The lowest BCUT2D eigenvalue weighted by Crippen LogP contribution is -2.52. The van der Waals surface area contributed by atoms with Crippen LogP contribution >= 0.6 is 0 Å². The van der Waals surface area contributed by atoms with Gasteiger partial charge in [0.05, 0.1) is 13.2 Å². The van der Waals surface area contributed by atoms with Gasteiger partial charge in [0, 0.05) is 18.3 Å². The van der Waals surface area contributed by atoms with Crippen molar-refractivity contribution in [3.8, 4) is 12.3 Å². The Hall–Kier alpha value is -0.520. The predicted molar refractivity (Wildman–Crippen MR) is 47.8 cm³/mol.